The minimum atomic E-state index is -1.37. The van der Waals surface area contributed by atoms with Gasteiger partial charge in [0.2, 0.25) is 0 Å². The number of hydrogen-bond acceptors (Lipinski definition) is 9. The van der Waals surface area contributed by atoms with Crippen LogP contribution in [0.1, 0.15) is 67.7 Å². The second-order valence-electron chi connectivity index (χ2n) is 11.5. The van der Waals surface area contributed by atoms with Crippen LogP contribution in [0.2, 0.25) is 0 Å². The fraction of sp³-hybridized carbons (Fsp3) is 0.808. The average molecular weight is 497 g/mol. The summed E-state index contributed by atoms with van der Waals surface area (Å²) < 4.78 is 23.6. The monoisotopic (exact) mass is 496 g/mol. The van der Waals surface area contributed by atoms with Crippen LogP contribution in [0.25, 0.3) is 0 Å². The molecule has 0 aromatic carbocycles. The summed E-state index contributed by atoms with van der Waals surface area (Å²) in [6.45, 7) is 15.1. The number of carbonyl (C=O) groups is 3. The molecular weight excluding hydrogens is 456 g/mol. The summed E-state index contributed by atoms with van der Waals surface area (Å²) in [6.07, 6.45) is -1.25. The Morgan fingerprint density at radius 1 is 1.00 bits per heavy atom. The molecular formula is C26H40O9. The molecule has 0 unspecified atom stereocenters. The normalized spacial score (nSPS) is 47.0. The Hall–Kier alpha value is -1.97. The van der Waals surface area contributed by atoms with E-state index >= 15 is 0 Å². The van der Waals surface area contributed by atoms with Crippen molar-refractivity contribution in [3.63, 3.8) is 0 Å². The minimum absolute atomic E-state index is 0.0199. The van der Waals surface area contributed by atoms with Crippen LogP contribution in [0.5, 0.6) is 0 Å². The van der Waals surface area contributed by atoms with Gasteiger partial charge in [0.25, 0.3) is 0 Å². The van der Waals surface area contributed by atoms with Crippen LogP contribution in [0, 0.1) is 22.7 Å². The summed E-state index contributed by atoms with van der Waals surface area (Å²) >= 11 is 0. The first kappa shape index (κ1) is 27.6. The molecule has 1 aliphatic heterocycles. The number of carbonyl (C=O) groups excluding carboxylic acids is 3. The van der Waals surface area contributed by atoms with E-state index < -0.39 is 76.2 Å². The molecule has 1 heterocycles. The van der Waals surface area contributed by atoms with E-state index in [9.17, 15) is 24.6 Å². The summed E-state index contributed by atoms with van der Waals surface area (Å²) in [4.78, 5) is 36.1. The Balaban J connectivity index is 2.25. The van der Waals surface area contributed by atoms with Gasteiger partial charge in [0.15, 0.2) is 0 Å². The third-order valence-electron chi connectivity index (χ3n) is 8.73. The van der Waals surface area contributed by atoms with E-state index in [2.05, 4.69) is 6.58 Å². The van der Waals surface area contributed by atoms with Crippen molar-refractivity contribution < 1.29 is 43.5 Å². The lowest BCUT2D eigenvalue weighted by Gasteiger charge is -2.69. The van der Waals surface area contributed by atoms with Crippen LogP contribution in [0.15, 0.2) is 12.7 Å². The SMILES string of the molecule is C=C[C@@]1(C)C[C@@H](OC(C)=O)[C@H]2[C@](C)(O1)[C@@H](O)[C@@H](O)[C@H]1[C@@](C)(COC(C)=O)CC[C@@H](OC(C)=O)[C@@]12C. The lowest BCUT2D eigenvalue weighted by molar-refractivity contribution is -0.356. The molecule has 0 aromatic rings. The van der Waals surface area contributed by atoms with E-state index in [-0.39, 0.29) is 13.0 Å². The van der Waals surface area contributed by atoms with Crippen LogP contribution in [0.3, 0.4) is 0 Å². The number of aliphatic hydroxyl groups excluding tert-OH is 2. The largest absolute Gasteiger partial charge is 0.465 e. The predicted octanol–water partition coefficient (Wildman–Crippen LogP) is 2.31. The van der Waals surface area contributed by atoms with Crippen molar-refractivity contribution in [1.82, 2.24) is 0 Å². The Morgan fingerprint density at radius 2 is 1.60 bits per heavy atom. The van der Waals surface area contributed by atoms with Gasteiger partial charge in [-0.05, 0) is 26.7 Å². The second kappa shape index (κ2) is 9.16. The summed E-state index contributed by atoms with van der Waals surface area (Å²) in [5.41, 5.74) is -4.07. The van der Waals surface area contributed by atoms with Crippen molar-refractivity contribution in [1.29, 1.82) is 0 Å². The molecule has 2 aliphatic carbocycles. The van der Waals surface area contributed by atoms with Gasteiger partial charge in [-0.2, -0.15) is 0 Å². The molecule has 2 saturated carbocycles. The van der Waals surface area contributed by atoms with Crippen LogP contribution in [-0.4, -0.2) is 70.3 Å². The van der Waals surface area contributed by atoms with Crippen molar-refractivity contribution in [3.05, 3.63) is 12.7 Å². The van der Waals surface area contributed by atoms with E-state index in [0.29, 0.717) is 12.8 Å². The Labute approximate surface area is 207 Å². The van der Waals surface area contributed by atoms with Gasteiger partial charge in [0, 0.05) is 49.9 Å². The Kier molecular flexibility index (Phi) is 7.23. The quantitative estimate of drug-likeness (QED) is 0.335. The topological polar surface area (TPSA) is 129 Å². The molecule has 0 amide bonds. The summed E-state index contributed by atoms with van der Waals surface area (Å²) in [5.74, 6) is -2.75. The van der Waals surface area contributed by atoms with Crippen LogP contribution in [-0.2, 0) is 33.3 Å². The molecule has 3 aliphatic rings. The highest BCUT2D eigenvalue weighted by Gasteiger charge is 2.74. The van der Waals surface area contributed by atoms with E-state index in [1.807, 2.05) is 13.8 Å². The molecule has 0 spiro atoms. The number of hydrogen-bond donors (Lipinski definition) is 2. The van der Waals surface area contributed by atoms with Crippen molar-refractivity contribution in [2.75, 3.05) is 6.61 Å². The van der Waals surface area contributed by atoms with Crippen LogP contribution < -0.4 is 0 Å². The molecule has 3 rings (SSSR count). The van der Waals surface area contributed by atoms with Crippen LogP contribution >= 0.6 is 0 Å². The average Bonchev–Trinajstić information content (AvgIpc) is 2.72. The number of aliphatic hydroxyl groups is 2. The molecule has 0 radical (unpaired) electrons. The van der Waals surface area contributed by atoms with Crippen LogP contribution in [0.4, 0.5) is 0 Å². The van der Waals surface area contributed by atoms with Gasteiger partial charge in [-0.3, -0.25) is 14.4 Å². The fourth-order valence-corrected chi connectivity index (χ4v) is 7.59. The highest BCUT2D eigenvalue weighted by atomic mass is 16.6. The van der Waals surface area contributed by atoms with Gasteiger partial charge in [-0.25, -0.2) is 0 Å². The maximum Gasteiger partial charge on any atom is 0.302 e. The van der Waals surface area contributed by atoms with E-state index in [4.69, 9.17) is 18.9 Å². The summed E-state index contributed by atoms with van der Waals surface area (Å²) in [5, 5.41) is 23.2. The van der Waals surface area contributed by atoms with Gasteiger partial charge < -0.3 is 29.2 Å². The first-order chi connectivity index (χ1) is 16.0. The third-order valence-corrected chi connectivity index (χ3v) is 8.73. The zero-order valence-corrected chi connectivity index (χ0v) is 21.8. The predicted molar refractivity (Wildman–Crippen MR) is 125 cm³/mol. The third kappa shape index (κ3) is 4.51. The lowest BCUT2D eigenvalue weighted by atomic mass is 9.41. The van der Waals surface area contributed by atoms with Gasteiger partial charge in [-0.15, -0.1) is 6.58 Å². The molecule has 0 aromatic heterocycles. The zero-order chi connectivity index (χ0) is 26.6. The molecule has 3 fully saturated rings. The molecule has 198 valence electrons. The van der Waals surface area contributed by atoms with Gasteiger partial charge in [-0.1, -0.05) is 19.9 Å². The van der Waals surface area contributed by atoms with Crippen molar-refractivity contribution in [2.45, 2.75) is 103 Å². The second-order valence-corrected chi connectivity index (χ2v) is 11.5. The molecule has 35 heavy (non-hydrogen) atoms. The number of rotatable bonds is 5. The Morgan fingerprint density at radius 3 is 2.11 bits per heavy atom. The minimum Gasteiger partial charge on any atom is -0.465 e. The maximum atomic E-state index is 12.2. The molecule has 9 heteroatoms. The number of ether oxygens (including phenoxy) is 4. The maximum absolute atomic E-state index is 12.2. The molecule has 2 N–H and O–H groups in total. The van der Waals surface area contributed by atoms with Gasteiger partial charge in [0.05, 0.1) is 18.3 Å². The molecule has 0 bridgehead atoms. The molecule has 9 nitrogen and oxygen atoms in total. The summed E-state index contributed by atoms with van der Waals surface area (Å²) in [7, 11) is 0. The van der Waals surface area contributed by atoms with Gasteiger partial charge in [0.1, 0.15) is 23.9 Å². The number of esters is 3. The highest BCUT2D eigenvalue weighted by Crippen LogP contribution is 2.66. The first-order valence-corrected chi connectivity index (χ1v) is 12.2. The van der Waals surface area contributed by atoms with Crippen molar-refractivity contribution in [3.8, 4) is 0 Å². The van der Waals surface area contributed by atoms with E-state index in [0.717, 1.165) is 0 Å². The van der Waals surface area contributed by atoms with E-state index in [1.165, 1.54) is 20.8 Å². The fourth-order valence-electron chi connectivity index (χ4n) is 7.59. The zero-order valence-electron chi connectivity index (χ0n) is 21.8. The summed E-state index contributed by atoms with van der Waals surface area (Å²) in [6, 6.07) is 0. The first-order valence-electron chi connectivity index (χ1n) is 12.2. The van der Waals surface area contributed by atoms with Crippen molar-refractivity contribution in [2.24, 2.45) is 22.7 Å². The molecule has 1 saturated heterocycles. The number of fused-ring (bicyclic) bond motifs is 3. The van der Waals surface area contributed by atoms with Gasteiger partial charge >= 0.3 is 17.9 Å². The standard InChI is InChI=1S/C26H40O9/c1-9-24(6)12-17(33-15(3)28)20-25(7)18(34-16(4)29)10-11-23(5,13-32-14(2)27)21(25)19(30)22(31)26(20,8)35-24/h9,17-22,30-31H,1,10-13H2,2-8H3/t17-,18-,19+,20-,21+,22+,23-,24+,25-,26+/m1/s1. The smallest absolute Gasteiger partial charge is 0.302 e. The lowest BCUT2D eigenvalue weighted by Crippen LogP contribution is -2.79. The molecule has 10 atom stereocenters. The van der Waals surface area contributed by atoms with Crippen molar-refractivity contribution >= 4 is 17.9 Å². The highest BCUT2D eigenvalue weighted by molar-refractivity contribution is 5.67. The van der Waals surface area contributed by atoms with E-state index in [1.54, 1.807) is 19.9 Å². The Bertz CT molecular complexity index is 888.